The highest BCUT2D eigenvalue weighted by Crippen LogP contribution is 2.57. The van der Waals surface area contributed by atoms with Gasteiger partial charge in [0.15, 0.2) is 0 Å². The van der Waals surface area contributed by atoms with Crippen LogP contribution in [0.5, 0.6) is 0 Å². The molecule has 0 unspecified atom stereocenters. The van der Waals surface area contributed by atoms with E-state index in [1.54, 1.807) is 0 Å². The van der Waals surface area contributed by atoms with E-state index in [4.69, 9.17) is 0 Å². The number of carbonyl (C=O) groups excluding carboxylic acids is 1. The maximum Gasteiger partial charge on any atom is 0.425 e. The molecule has 3 N–H and O–H groups in total. The molecule has 0 saturated heterocycles. The topological polar surface area (TPSA) is 79.2 Å². The molecule has 0 radical (unpaired) electrons. The molecule has 0 saturated carbocycles. The Labute approximate surface area is 207 Å². The number of halogens is 5. The largest absolute Gasteiger partial charge is 0.425 e. The molecular weight excluding hydrogens is 495 g/mol. The average Bonchev–Trinajstić information content (AvgIpc) is 3.45. The van der Waals surface area contributed by atoms with E-state index in [9.17, 15) is 31.9 Å². The summed E-state index contributed by atoms with van der Waals surface area (Å²) in [7, 11) is 0. The summed E-state index contributed by atoms with van der Waals surface area (Å²) in [5.41, 5.74) is 1.66. The Bertz CT molecular complexity index is 1500. The second-order valence-corrected chi connectivity index (χ2v) is 8.64. The molecule has 1 heterocycles. The number of fused-ring (bicyclic) bond motifs is 3. The minimum absolute atomic E-state index is 0.0338. The molecule has 6 nitrogen and oxygen atoms in total. The predicted octanol–water partition coefficient (Wildman–Crippen LogP) is 5.31. The lowest BCUT2D eigenvalue weighted by atomic mass is 9.89. The highest BCUT2D eigenvalue weighted by atomic mass is 19.4. The molecule has 1 amide bonds. The molecule has 0 spiro atoms. The van der Waals surface area contributed by atoms with Gasteiger partial charge in [0, 0.05) is 22.9 Å². The molecule has 3 aromatic carbocycles. The second-order valence-electron chi connectivity index (χ2n) is 8.64. The van der Waals surface area contributed by atoms with Crippen LogP contribution < -0.4 is 10.9 Å². The summed E-state index contributed by atoms with van der Waals surface area (Å²) in [4.78, 5) is 12.6. The Balaban J connectivity index is 1.49. The van der Waals surface area contributed by atoms with Crippen LogP contribution in [0.3, 0.4) is 0 Å². The number of hydrazine groups is 1. The number of nitrogens with zero attached hydrogens (tertiary/aromatic N) is 2. The number of carbonyl (C=O) groups is 1. The number of rotatable bonds is 5. The van der Waals surface area contributed by atoms with Gasteiger partial charge < -0.3 is 5.11 Å². The van der Waals surface area contributed by atoms with Crippen LogP contribution >= 0.6 is 0 Å². The van der Waals surface area contributed by atoms with Crippen molar-refractivity contribution in [3.05, 3.63) is 95.8 Å². The number of alkyl halides is 3. The van der Waals surface area contributed by atoms with Gasteiger partial charge in [-0.25, -0.2) is 8.78 Å². The highest BCUT2D eigenvalue weighted by Gasteiger charge is 2.61. The second kappa shape index (κ2) is 8.70. The van der Waals surface area contributed by atoms with Crippen molar-refractivity contribution in [2.75, 3.05) is 5.43 Å². The third kappa shape index (κ3) is 4.01. The zero-order chi connectivity index (χ0) is 26.5. The number of benzene rings is 3. The Morgan fingerprint density at radius 3 is 2.41 bits per heavy atom. The van der Waals surface area contributed by atoms with Gasteiger partial charge in [-0.2, -0.15) is 18.3 Å². The molecule has 4 aromatic rings. The lowest BCUT2D eigenvalue weighted by Crippen LogP contribution is -2.41. The number of aliphatic hydroxyl groups is 1. The SMILES string of the molecule is C[C@H](C(=O)NNc1ccc(F)cc1)n1cc(-c2cc(F)cc3c2-c2ccccc2[C@]3(O)C(F)(F)F)cn1. The summed E-state index contributed by atoms with van der Waals surface area (Å²) in [5.74, 6) is -1.92. The fourth-order valence-electron chi connectivity index (χ4n) is 4.46. The third-order valence-corrected chi connectivity index (χ3v) is 6.35. The van der Waals surface area contributed by atoms with Crippen LogP contribution in [0.25, 0.3) is 22.3 Å². The van der Waals surface area contributed by atoms with Gasteiger partial charge in [0.25, 0.3) is 5.91 Å². The van der Waals surface area contributed by atoms with Crippen molar-refractivity contribution < 1.29 is 31.9 Å². The summed E-state index contributed by atoms with van der Waals surface area (Å²) in [6.45, 7) is 1.53. The fourth-order valence-corrected chi connectivity index (χ4v) is 4.46. The molecule has 2 atom stereocenters. The molecule has 1 aromatic heterocycles. The quantitative estimate of drug-likeness (QED) is 0.249. The summed E-state index contributed by atoms with van der Waals surface area (Å²) < 4.78 is 71.3. The first-order chi connectivity index (χ1) is 17.5. The number of amides is 1. The Morgan fingerprint density at radius 1 is 1.00 bits per heavy atom. The lowest BCUT2D eigenvalue weighted by Gasteiger charge is -2.28. The Morgan fingerprint density at radius 2 is 1.70 bits per heavy atom. The van der Waals surface area contributed by atoms with E-state index in [2.05, 4.69) is 16.0 Å². The van der Waals surface area contributed by atoms with Crippen molar-refractivity contribution in [1.29, 1.82) is 0 Å². The van der Waals surface area contributed by atoms with Crippen molar-refractivity contribution in [3.63, 3.8) is 0 Å². The van der Waals surface area contributed by atoms with E-state index in [1.807, 2.05) is 0 Å². The van der Waals surface area contributed by atoms with E-state index in [0.717, 1.165) is 12.1 Å². The zero-order valence-electron chi connectivity index (χ0n) is 19.1. The van der Waals surface area contributed by atoms with Crippen LogP contribution in [0, 0.1) is 11.6 Å². The number of hydrogen-bond donors (Lipinski definition) is 3. The fraction of sp³-hybridized carbons (Fsp3) is 0.154. The molecule has 37 heavy (non-hydrogen) atoms. The number of nitrogens with one attached hydrogen (secondary N) is 2. The van der Waals surface area contributed by atoms with Crippen LogP contribution in [0.1, 0.15) is 24.1 Å². The average molecular weight is 514 g/mol. The van der Waals surface area contributed by atoms with Crippen LogP contribution in [0.15, 0.2) is 73.1 Å². The van der Waals surface area contributed by atoms with E-state index in [1.165, 1.54) is 66.5 Å². The third-order valence-electron chi connectivity index (χ3n) is 6.35. The van der Waals surface area contributed by atoms with Gasteiger partial charge in [-0.15, -0.1) is 0 Å². The van der Waals surface area contributed by atoms with Crippen LogP contribution in [0.2, 0.25) is 0 Å². The summed E-state index contributed by atoms with van der Waals surface area (Å²) in [5, 5.41) is 15.0. The monoisotopic (exact) mass is 514 g/mol. The molecular formula is C26H19F5N4O2. The molecule has 0 aliphatic heterocycles. The van der Waals surface area contributed by atoms with E-state index < -0.39 is 46.5 Å². The highest BCUT2D eigenvalue weighted by molar-refractivity contribution is 5.92. The van der Waals surface area contributed by atoms with Gasteiger partial charge in [-0.3, -0.25) is 20.3 Å². The van der Waals surface area contributed by atoms with Crippen molar-refractivity contribution >= 4 is 11.6 Å². The van der Waals surface area contributed by atoms with Crippen molar-refractivity contribution in [1.82, 2.24) is 15.2 Å². The molecule has 190 valence electrons. The Kier molecular flexibility index (Phi) is 5.75. The smallest absolute Gasteiger partial charge is 0.372 e. The first kappa shape index (κ1) is 24.4. The first-order valence-corrected chi connectivity index (χ1v) is 11.1. The van der Waals surface area contributed by atoms with Crippen molar-refractivity contribution in [3.8, 4) is 22.3 Å². The maximum absolute atomic E-state index is 14.6. The summed E-state index contributed by atoms with van der Waals surface area (Å²) >= 11 is 0. The molecule has 1 aliphatic carbocycles. The van der Waals surface area contributed by atoms with Gasteiger partial charge in [-0.05, 0) is 60.0 Å². The maximum atomic E-state index is 14.6. The minimum atomic E-state index is -5.10. The lowest BCUT2D eigenvalue weighted by molar-refractivity contribution is -0.246. The summed E-state index contributed by atoms with van der Waals surface area (Å²) in [6.07, 6.45) is -2.39. The summed E-state index contributed by atoms with van der Waals surface area (Å²) in [6, 6.07) is 11.7. The normalized spacial score (nSPS) is 17.2. The predicted molar refractivity (Wildman–Crippen MR) is 125 cm³/mol. The molecule has 5 rings (SSSR count). The number of hydrogen-bond acceptors (Lipinski definition) is 4. The van der Waals surface area contributed by atoms with E-state index in [-0.39, 0.29) is 22.3 Å². The standard InChI is InChI=1S/C26H19F5N4O2/c1-14(24(36)34-33-18-8-6-16(27)7-9-18)35-13-15(12-32-35)20-10-17(28)11-22-23(20)19-4-2-3-5-21(19)25(22,37)26(29,30)31/h2-14,33,37H,1H3,(H,34,36)/t14-,25-/m1/s1. The molecule has 0 bridgehead atoms. The molecule has 0 fully saturated rings. The van der Waals surface area contributed by atoms with Gasteiger partial charge in [0.1, 0.15) is 17.7 Å². The molecule has 1 aliphatic rings. The number of anilines is 1. The van der Waals surface area contributed by atoms with Crippen molar-refractivity contribution in [2.45, 2.75) is 24.7 Å². The van der Waals surface area contributed by atoms with Crippen molar-refractivity contribution in [2.24, 2.45) is 0 Å². The minimum Gasteiger partial charge on any atom is -0.372 e. The first-order valence-electron chi connectivity index (χ1n) is 11.1. The van der Waals surface area contributed by atoms with Crippen LogP contribution in [-0.4, -0.2) is 27.0 Å². The van der Waals surface area contributed by atoms with E-state index in [0.29, 0.717) is 11.8 Å². The van der Waals surface area contributed by atoms with Gasteiger partial charge in [0.2, 0.25) is 5.60 Å². The van der Waals surface area contributed by atoms with Crippen LogP contribution in [-0.2, 0) is 10.4 Å². The number of aromatic nitrogens is 2. The van der Waals surface area contributed by atoms with Gasteiger partial charge in [-0.1, -0.05) is 24.3 Å². The van der Waals surface area contributed by atoms with Crippen LogP contribution in [0.4, 0.5) is 27.6 Å². The van der Waals surface area contributed by atoms with E-state index >= 15 is 0 Å². The Hall–Kier alpha value is -4.25. The zero-order valence-corrected chi connectivity index (χ0v) is 19.1. The molecule has 11 heteroatoms. The van der Waals surface area contributed by atoms with Gasteiger partial charge >= 0.3 is 6.18 Å². The van der Waals surface area contributed by atoms with Gasteiger partial charge in [0.05, 0.1) is 11.9 Å².